The van der Waals surface area contributed by atoms with Crippen LogP contribution in [0.15, 0.2) is 29.6 Å². The molecule has 5 nitrogen and oxygen atoms in total. The van der Waals surface area contributed by atoms with Gasteiger partial charge in [0.15, 0.2) is 17.0 Å². The van der Waals surface area contributed by atoms with Crippen LogP contribution in [0.25, 0.3) is 16.2 Å². The Balaban J connectivity index is 1.90. The van der Waals surface area contributed by atoms with E-state index in [9.17, 15) is 18.0 Å². The number of fused-ring (bicyclic) bond motifs is 1. The third-order valence-electron chi connectivity index (χ3n) is 4.04. The lowest BCUT2D eigenvalue weighted by Gasteiger charge is -2.10. The SMILES string of the molecule is CCCCCCNC(=O)c1cc2nc(-c3cccs3)cc(C(F)(F)F)n2n1. The first-order valence-electron chi connectivity index (χ1n) is 8.70. The molecule has 0 aliphatic carbocycles. The second-order valence-corrected chi connectivity index (χ2v) is 7.07. The molecule has 3 heterocycles. The summed E-state index contributed by atoms with van der Waals surface area (Å²) in [4.78, 5) is 17.1. The minimum Gasteiger partial charge on any atom is -0.351 e. The van der Waals surface area contributed by atoms with Crippen LogP contribution in [0, 0.1) is 0 Å². The van der Waals surface area contributed by atoms with Gasteiger partial charge < -0.3 is 5.32 Å². The number of rotatable bonds is 7. The Bertz CT molecular complexity index is 919. The van der Waals surface area contributed by atoms with E-state index in [0.717, 1.165) is 31.7 Å². The van der Waals surface area contributed by atoms with E-state index in [-0.39, 0.29) is 17.0 Å². The maximum atomic E-state index is 13.5. The van der Waals surface area contributed by atoms with Crippen LogP contribution in [0.5, 0.6) is 0 Å². The molecule has 0 fully saturated rings. The number of alkyl halides is 3. The number of thiophene rings is 1. The van der Waals surface area contributed by atoms with Crippen molar-refractivity contribution in [2.45, 2.75) is 38.8 Å². The molecule has 3 rings (SSSR count). The molecule has 0 radical (unpaired) electrons. The second kappa shape index (κ2) is 8.08. The number of nitrogens with zero attached hydrogens (tertiary/aromatic N) is 3. The number of carbonyl (C=O) groups excluding carboxylic acids is 1. The molecule has 3 aromatic rings. The van der Waals surface area contributed by atoms with Crippen molar-refractivity contribution in [1.82, 2.24) is 19.9 Å². The van der Waals surface area contributed by atoms with Crippen LogP contribution in [-0.4, -0.2) is 27.0 Å². The fourth-order valence-corrected chi connectivity index (χ4v) is 3.37. The maximum Gasteiger partial charge on any atom is 0.433 e. The molecule has 0 aliphatic heterocycles. The highest BCUT2D eigenvalue weighted by Gasteiger charge is 2.35. The van der Waals surface area contributed by atoms with Gasteiger partial charge in [-0.1, -0.05) is 32.3 Å². The lowest BCUT2D eigenvalue weighted by atomic mass is 10.2. The van der Waals surface area contributed by atoms with Crippen molar-refractivity contribution in [3.05, 3.63) is 41.0 Å². The lowest BCUT2D eigenvalue weighted by molar-refractivity contribution is -0.142. The smallest absolute Gasteiger partial charge is 0.351 e. The van der Waals surface area contributed by atoms with E-state index in [1.807, 2.05) is 0 Å². The van der Waals surface area contributed by atoms with Crippen LogP contribution in [0.3, 0.4) is 0 Å². The largest absolute Gasteiger partial charge is 0.433 e. The standard InChI is InChI=1S/C18H19F3N4OS/c1-2-3-4-5-8-22-17(26)13-11-16-23-12(14-7-6-9-27-14)10-15(18(19,20)21)25(16)24-13/h6-7,9-11H,2-5,8H2,1H3,(H,22,26). The molecule has 9 heteroatoms. The number of hydrogen-bond acceptors (Lipinski definition) is 4. The van der Waals surface area contributed by atoms with Gasteiger partial charge in [0.05, 0.1) is 10.6 Å². The van der Waals surface area contributed by atoms with E-state index >= 15 is 0 Å². The molecule has 0 bridgehead atoms. The lowest BCUT2D eigenvalue weighted by Crippen LogP contribution is -2.25. The van der Waals surface area contributed by atoms with Gasteiger partial charge in [0.1, 0.15) is 0 Å². The van der Waals surface area contributed by atoms with Crippen LogP contribution in [-0.2, 0) is 6.18 Å². The predicted octanol–water partition coefficient (Wildman–Crippen LogP) is 4.79. The van der Waals surface area contributed by atoms with E-state index in [2.05, 4.69) is 22.3 Å². The fraction of sp³-hybridized carbons (Fsp3) is 0.389. The van der Waals surface area contributed by atoms with Crippen molar-refractivity contribution in [2.75, 3.05) is 6.54 Å². The zero-order chi connectivity index (χ0) is 19.4. The number of unbranched alkanes of at least 4 members (excludes halogenated alkanes) is 3. The number of hydrogen-bond donors (Lipinski definition) is 1. The Morgan fingerprint density at radius 1 is 1.26 bits per heavy atom. The predicted molar refractivity (Wildman–Crippen MR) is 97.8 cm³/mol. The van der Waals surface area contributed by atoms with Crippen molar-refractivity contribution in [1.29, 1.82) is 0 Å². The van der Waals surface area contributed by atoms with E-state index in [4.69, 9.17) is 0 Å². The highest BCUT2D eigenvalue weighted by molar-refractivity contribution is 7.13. The normalized spacial score (nSPS) is 11.9. The van der Waals surface area contributed by atoms with Gasteiger partial charge in [-0.3, -0.25) is 4.79 Å². The monoisotopic (exact) mass is 396 g/mol. The van der Waals surface area contributed by atoms with E-state index < -0.39 is 17.8 Å². The molecular weight excluding hydrogens is 377 g/mol. The van der Waals surface area contributed by atoms with Crippen LogP contribution in [0.4, 0.5) is 13.2 Å². The Hall–Kier alpha value is -2.42. The van der Waals surface area contributed by atoms with E-state index in [1.165, 1.54) is 17.4 Å². The van der Waals surface area contributed by atoms with Gasteiger partial charge in [-0.25, -0.2) is 9.50 Å². The molecule has 1 N–H and O–H groups in total. The van der Waals surface area contributed by atoms with Crippen molar-refractivity contribution in [3.63, 3.8) is 0 Å². The Morgan fingerprint density at radius 3 is 2.74 bits per heavy atom. The summed E-state index contributed by atoms with van der Waals surface area (Å²) in [5, 5.41) is 8.31. The molecule has 3 aromatic heterocycles. The van der Waals surface area contributed by atoms with Crippen molar-refractivity contribution in [2.24, 2.45) is 0 Å². The minimum absolute atomic E-state index is 0.00985. The topological polar surface area (TPSA) is 59.3 Å². The summed E-state index contributed by atoms with van der Waals surface area (Å²) in [5.74, 6) is -0.497. The molecule has 0 saturated heterocycles. The molecule has 1 amide bonds. The molecule has 0 atom stereocenters. The van der Waals surface area contributed by atoms with Crippen LogP contribution < -0.4 is 5.32 Å². The van der Waals surface area contributed by atoms with Gasteiger partial charge in [-0.05, 0) is 23.9 Å². The van der Waals surface area contributed by atoms with Crippen LogP contribution in [0.2, 0.25) is 0 Å². The Kier molecular flexibility index (Phi) is 5.79. The quantitative estimate of drug-likeness (QED) is 0.585. The minimum atomic E-state index is -4.62. The molecule has 144 valence electrons. The number of amides is 1. The summed E-state index contributed by atoms with van der Waals surface area (Å²) >= 11 is 1.30. The number of halogens is 3. The van der Waals surface area contributed by atoms with Crippen molar-refractivity contribution >= 4 is 22.9 Å². The molecule has 0 saturated carbocycles. The van der Waals surface area contributed by atoms with Gasteiger partial charge in [0.2, 0.25) is 0 Å². The molecular formula is C18H19F3N4OS. The molecule has 0 aromatic carbocycles. The van der Waals surface area contributed by atoms with Gasteiger partial charge >= 0.3 is 6.18 Å². The van der Waals surface area contributed by atoms with E-state index in [0.29, 0.717) is 15.9 Å². The van der Waals surface area contributed by atoms with Crippen LogP contribution >= 0.6 is 11.3 Å². The molecule has 0 spiro atoms. The second-order valence-electron chi connectivity index (χ2n) is 6.12. The fourth-order valence-electron chi connectivity index (χ4n) is 2.68. The van der Waals surface area contributed by atoms with Crippen LogP contribution in [0.1, 0.15) is 48.8 Å². The number of aromatic nitrogens is 3. The third-order valence-corrected chi connectivity index (χ3v) is 4.93. The number of carbonyl (C=O) groups is 1. The summed E-state index contributed by atoms with van der Waals surface area (Å²) in [7, 11) is 0. The van der Waals surface area contributed by atoms with Gasteiger partial charge in [-0.15, -0.1) is 11.3 Å². The molecule has 27 heavy (non-hydrogen) atoms. The zero-order valence-electron chi connectivity index (χ0n) is 14.7. The molecule has 0 unspecified atom stereocenters. The summed E-state index contributed by atoms with van der Waals surface area (Å²) in [6.45, 7) is 2.55. The first-order valence-corrected chi connectivity index (χ1v) is 9.58. The van der Waals surface area contributed by atoms with Gasteiger partial charge in [-0.2, -0.15) is 18.3 Å². The highest BCUT2D eigenvalue weighted by Crippen LogP contribution is 2.33. The summed E-state index contributed by atoms with van der Waals surface area (Å²) in [6.07, 6.45) is -0.645. The summed E-state index contributed by atoms with van der Waals surface area (Å²) in [5.41, 5.74) is -0.842. The zero-order valence-corrected chi connectivity index (χ0v) is 15.5. The molecule has 0 aliphatic rings. The van der Waals surface area contributed by atoms with Gasteiger partial charge in [0.25, 0.3) is 5.91 Å². The summed E-state index contributed by atoms with van der Waals surface area (Å²) < 4.78 is 41.1. The first-order chi connectivity index (χ1) is 12.9. The third kappa shape index (κ3) is 4.47. The maximum absolute atomic E-state index is 13.5. The van der Waals surface area contributed by atoms with Crippen molar-refractivity contribution < 1.29 is 18.0 Å². The van der Waals surface area contributed by atoms with Gasteiger partial charge in [0, 0.05) is 12.6 Å². The average Bonchev–Trinajstić information content (AvgIpc) is 3.29. The first kappa shape index (κ1) is 19.3. The Morgan fingerprint density at radius 2 is 2.07 bits per heavy atom. The summed E-state index contributed by atoms with van der Waals surface area (Å²) in [6, 6.07) is 5.68. The average molecular weight is 396 g/mol. The highest BCUT2D eigenvalue weighted by atomic mass is 32.1. The number of nitrogens with one attached hydrogen (secondary N) is 1. The van der Waals surface area contributed by atoms with Crippen molar-refractivity contribution in [3.8, 4) is 10.6 Å². The Labute approximate surface area is 158 Å². The van der Waals surface area contributed by atoms with E-state index in [1.54, 1.807) is 17.5 Å².